The molecule has 3 heterocycles. The summed E-state index contributed by atoms with van der Waals surface area (Å²) in [6, 6.07) is 9.99. The smallest absolute Gasteiger partial charge is 0.289 e. The number of nitrogens with zero attached hydrogens (tertiary/aromatic N) is 1. The second-order valence-electron chi connectivity index (χ2n) is 5.90. The Morgan fingerprint density at radius 3 is 2.91 bits per heavy atom. The molecule has 4 nitrogen and oxygen atoms in total. The topological polar surface area (TPSA) is 49.2 Å². The number of benzene rings is 1. The van der Waals surface area contributed by atoms with Crippen molar-refractivity contribution in [1.29, 1.82) is 0 Å². The molecule has 0 unspecified atom stereocenters. The van der Waals surface area contributed by atoms with E-state index in [1.54, 1.807) is 18.4 Å². The summed E-state index contributed by atoms with van der Waals surface area (Å²) in [5.74, 6) is 0.405. The highest BCUT2D eigenvalue weighted by Crippen LogP contribution is 2.27. The summed E-state index contributed by atoms with van der Waals surface area (Å²) in [4.78, 5) is 17.8. The number of rotatable bonds is 1. The first-order chi connectivity index (χ1) is 10.7. The van der Waals surface area contributed by atoms with Crippen molar-refractivity contribution in [2.45, 2.75) is 19.8 Å². The van der Waals surface area contributed by atoms with E-state index in [0.29, 0.717) is 5.76 Å². The van der Waals surface area contributed by atoms with Crippen molar-refractivity contribution in [2.24, 2.45) is 0 Å². The first kappa shape index (κ1) is 13.2. The minimum Gasteiger partial charge on any atom is -0.459 e. The van der Waals surface area contributed by atoms with Crippen LogP contribution in [0.1, 0.15) is 27.4 Å². The summed E-state index contributed by atoms with van der Waals surface area (Å²) in [7, 11) is 0. The SMILES string of the molecule is Cc1ccc2[nH]c3c(c2c1)CCN(C(=O)c1ccco1)CC3. The maximum Gasteiger partial charge on any atom is 0.289 e. The molecule has 2 aromatic heterocycles. The summed E-state index contributed by atoms with van der Waals surface area (Å²) in [6.07, 6.45) is 3.28. The summed E-state index contributed by atoms with van der Waals surface area (Å²) >= 11 is 0. The van der Waals surface area contributed by atoms with Crippen molar-refractivity contribution in [3.8, 4) is 0 Å². The van der Waals surface area contributed by atoms with E-state index in [-0.39, 0.29) is 5.91 Å². The third kappa shape index (κ3) is 2.11. The Morgan fingerprint density at radius 2 is 2.09 bits per heavy atom. The van der Waals surface area contributed by atoms with Crippen LogP contribution < -0.4 is 0 Å². The van der Waals surface area contributed by atoms with Gasteiger partial charge in [-0.1, -0.05) is 11.6 Å². The van der Waals surface area contributed by atoms with Gasteiger partial charge in [-0.3, -0.25) is 4.79 Å². The average Bonchev–Trinajstić information content (AvgIpc) is 3.10. The molecule has 0 saturated carbocycles. The highest BCUT2D eigenvalue weighted by Gasteiger charge is 2.23. The van der Waals surface area contributed by atoms with Crippen molar-refractivity contribution in [3.05, 3.63) is 59.2 Å². The molecule has 1 aromatic carbocycles. The Kier molecular flexibility index (Phi) is 3.03. The first-order valence-electron chi connectivity index (χ1n) is 7.65. The molecule has 3 aromatic rings. The van der Waals surface area contributed by atoms with Gasteiger partial charge in [-0.15, -0.1) is 0 Å². The number of fused-ring (bicyclic) bond motifs is 3. The molecule has 0 spiro atoms. The third-order valence-corrected chi connectivity index (χ3v) is 4.43. The van der Waals surface area contributed by atoms with Gasteiger partial charge in [0.2, 0.25) is 0 Å². The number of nitrogens with one attached hydrogen (secondary N) is 1. The molecule has 1 amide bonds. The van der Waals surface area contributed by atoms with Crippen LogP contribution in [0.2, 0.25) is 0 Å². The van der Waals surface area contributed by atoms with Crippen LogP contribution in [0.5, 0.6) is 0 Å². The normalized spacial score (nSPS) is 14.9. The minimum atomic E-state index is -0.0179. The number of aromatic nitrogens is 1. The number of H-pyrrole nitrogens is 1. The zero-order chi connectivity index (χ0) is 15.1. The van der Waals surface area contributed by atoms with E-state index in [1.807, 2.05) is 4.90 Å². The minimum absolute atomic E-state index is 0.0179. The van der Waals surface area contributed by atoms with E-state index in [2.05, 4.69) is 30.1 Å². The highest BCUT2D eigenvalue weighted by atomic mass is 16.3. The van der Waals surface area contributed by atoms with Crippen LogP contribution in [0.25, 0.3) is 10.9 Å². The second-order valence-corrected chi connectivity index (χ2v) is 5.90. The monoisotopic (exact) mass is 294 g/mol. The van der Waals surface area contributed by atoms with Crippen LogP contribution in [-0.4, -0.2) is 28.9 Å². The van der Waals surface area contributed by atoms with Gasteiger partial charge in [0.25, 0.3) is 5.91 Å². The molecule has 0 saturated heterocycles. The largest absolute Gasteiger partial charge is 0.459 e. The van der Waals surface area contributed by atoms with Gasteiger partial charge >= 0.3 is 0 Å². The molecule has 1 aliphatic rings. The lowest BCUT2D eigenvalue weighted by atomic mass is 10.1. The van der Waals surface area contributed by atoms with Crippen molar-refractivity contribution in [2.75, 3.05) is 13.1 Å². The number of carbonyl (C=O) groups is 1. The third-order valence-electron chi connectivity index (χ3n) is 4.43. The molecule has 4 rings (SSSR count). The Balaban J connectivity index is 1.63. The van der Waals surface area contributed by atoms with Crippen molar-refractivity contribution >= 4 is 16.8 Å². The van der Waals surface area contributed by atoms with Gasteiger partial charge in [-0.2, -0.15) is 0 Å². The summed E-state index contributed by atoms with van der Waals surface area (Å²) in [5, 5.41) is 1.29. The Morgan fingerprint density at radius 1 is 1.23 bits per heavy atom. The predicted octanol–water partition coefficient (Wildman–Crippen LogP) is 3.31. The Hall–Kier alpha value is -2.49. The fourth-order valence-electron chi connectivity index (χ4n) is 3.28. The van der Waals surface area contributed by atoms with E-state index in [9.17, 15) is 4.79 Å². The van der Waals surface area contributed by atoms with E-state index < -0.39 is 0 Å². The van der Waals surface area contributed by atoms with Gasteiger partial charge < -0.3 is 14.3 Å². The van der Waals surface area contributed by atoms with Crippen LogP contribution >= 0.6 is 0 Å². The van der Waals surface area contributed by atoms with Crippen LogP contribution in [0.4, 0.5) is 0 Å². The number of aryl methyl sites for hydroxylation is 1. The van der Waals surface area contributed by atoms with Gasteiger partial charge in [0.1, 0.15) is 0 Å². The summed E-state index contributed by atoms with van der Waals surface area (Å²) < 4.78 is 5.23. The Labute approximate surface area is 128 Å². The Bertz CT molecular complexity index is 830. The molecule has 0 atom stereocenters. The molecule has 112 valence electrons. The molecule has 0 fully saturated rings. The van der Waals surface area contributed by atoms with E-state index >= 15 is 0 Å². The van der Waals surface area contributed by atoms with Gasteiger partial charge in [-0.05, 0) is 43.2 Å². The average molecular weight is 294 g/mol. The second kappa shape index (κ2) is 5.05. The van der Waals surface area contributed by atoms with Crippen molar-refractivity contribution < 1.29 is 9.21 Å². The van der Waals surface area contributed by atoms with E-state index in [1.165, 1.54) is 27.7 Å². The van der Waals surface area contributed by atoms with Gasteiger partial charge in [-0.25, -0.2) is 0 Å². The quantitative estimate of drug-likeness (QED) is 0.748. The number of aromatic amines is 1. The zero-order valence-electron chi connectivity index (χ0n) is 12.6. The molecule has 0 bridgehead atoms. The van der Waals surface area contributed by atoms with Gasteiger partial charge in [0, 0.05) is 36.1 Å². The molecule has 0 radical (unpaired) electrons. The number of furan rings is 1. The number of carbonyl (C=O) groups excluding carboxylic acids is 1. The van der Waals surface area contributed by atoms with Crippen LogP contribution in [0.15, 0.2) is 41.0 Å². The summed E-state index contributed by atoms with van der Waals surface area (Å²) in [5.41, 5.74) is 5.08. The highest BCUT2D eigenvalue weighted by molar-refractivity contribution is 5.92. The lowest BCUT2D eigenvalue weighted by Gasteiger charge is -2.18. The molecule has 4 heteroatoms. The fourth-order valence-corrected chi connectivity index (χ4v) is 3.28. The molecule has 1 N–H and O–H groups in total. The maximum atomic E-state index is 12.4. The number of hydrogen-bond donors (Lipinski definition) is 1. The van der Waals surface area contributed by atoms with Crippen LogP contribution in [0, 0.1) is 6.92 Å². The first-order valence-corrected chi connectivity index (χ1v) is 7.65. The van der Waals surface area contributed by atoms with E-state index in [4.69, 9.17) is 4.42 Å². The molecular formula is C18H18N2O2. The fraction of sp³-hybridized carbons (Fsp3) is 0.278. The standard InChI is InChI=1S/C18H18N2O2/c1-12-4-5-15-14(11-12)13-6-8-20(9-7-16(13)19-15)18(21)17-3-2-10-22-17/h2-5,10-11,19H,6-9H2,1H3. The molecule has 0 aliphatic carbocycles. The van der Waals surface area contributed by atoms with Crippen molar-refractivity contribution in [3.63, 3.8) is 0 Å². The van der Waals surface area contributed by atoms with Crippen molar-refractivity contribution in [1.82, 2.24) is 9.88 Å². The van der Waals surface area contributed by atoms with Crippen LogP contribution in [0.3, 0.4) is 0 Å². The number of hydrogen-bond acceptors (Lipinski definition) is 2. The molecular weight excluding hydrogens is 276 g/mol. The van der Waals surface area contributed by atoms with Gasteiger partial charge in [0.05, 0.1) is 6.26 Å². The summed E-state index contributed by atoms with van der Waals surface area (Å²) in [6.45, 7) is 3.56. The molecule has 1 aliphatic heterocycles. The van der Waals surface area contributed by atoms with Crippen LogP contribution in [-0.2, 0) is 12.8 Å². The van der Waals surface area contributed by atoms with Gasteiger partial charge in [0.15, 0.2) is 5.76 Å². The lowest BCUT2D eigenvalue weighted by Crippen LogP contribution is -2.33. The lowest BCUT2D eigenvalue weighted by molar-refractivity contribution is 0.0731. The number of amides is 1. The zero-order valence-corrected chi connectivity index (χ0v) is 12.6. The predicted molar refractivity (Wildman–Crippen MR) is 85.1 cm³/mol. The van der Waals surface area contributed by atoms with E-state index in [0.717, 1.165) is 25.9 Å². The maximum absolute atomic E-state index is 12.4. The molecule has 22 heavy (non-hydrogen) atoms.